The molecule has 0 radical (unpaired) electrons. The number of benzene rings is 3. The average Bonchev–Trinajstić information content (AvgIpc) is 3.16. The van der Waals surface area contributed by atoms with Crippen molar-refractivity contribution in [2.24, 2.45) is 0 Å². The van der Waals surface area contributed by atoms with Crippen LogP contribution in [0.25, 0.3) is 11.8 Å². The summed E-state index contributed by atoms with van der Waals surface area (Å²) in [5.74, 6) is -0.0452. The quantitative estimate of drug-likeness (QED) is 0.199. The summed E-state index contributed by atoms with van der Waals surface area (Å²) in [6.07, 6.45) is 1.60. The number of ether oxygens (including phenoxy) is 1. The summed E-state index contributed by atoms with van der Waals surface area (Å²) < 4.78 is 21.8. The van der Waals surface area contributed by atoms with Gasteiger partial charge in [-0.2, -0.15) is 5.26 Å². The van der Waals surface area contributed by atoms with Crippen molar-refractivity contribution < 1.29 is 13.9 Å². The standard InChI is InChI=1S/C29H23BrFN3O2/c1-19-15-22(16-23(17-32)29(35)33-26-9-5-24(30)6-10-26)20(2)34(19)27-11-13-28(14-12-27)36-18-21-3-7-25(31)8-4-21/h3-16H,18H2,1-2H3,(H,33,35)/b23-16-. The minimum Gasteiger partial charge on any atom is -0.489 e. The number of halogens is 2. The molecule has 0 spiro atoms. The van der Waals surface area contributed by atoms with Crippen LogP contribution in [0.4, 0.5) is 10.1 Å². The molecule has 3 aromatic carbocycles. The molecular formula is C29H23BrFN3O2. The maximum Gasteiger partial charge on any atom is 0.266 e. The first kappa shape index (κ1) is 25.0. The maximum absolute atomic E-state index is 13.1. The van der Waals surface area contributed by atoms with Crippen LogP contribution in [0, 0.1) is 31.0 Å². The molecule has 1 aromatic heterocycles. The van der Waals surface area contributed by atoms with Crippen LogP contribution in [0.2, 0.25) is 0 Å². The van der Waals surface area contributed by atoms with Crippen molar-refractivity contribution in [2.75, 3.05) is 5.32 Å². The fourth-order valence-electron chi connectivity index (χ4n) is 3.81. The number of aromatic nitrogens is 1. The summed E-state index contributed by atoms with van der Waals surface area (Å²) in [7, 11) is 0. The third-order valence-corrected chi connectivity index (χ3v) is 6.18. The second-order valence-electron chi connectivity index (χ2n) is 8.20. The van der Waals surface area contributed by atoms with Crippen molar-refractivity contribution in [2.45, 2.75) is 20.5 Å². The average molecular weight is 544 g/mol. The molecule has 4 aromatic rings. The van der Waals surface area contributed by atoms with E-state index < -0.39 is 5.91 Å². The Morgan fingerprint density at radius 1 is 1.06 bits per heavy atom. The molecule has 180 valence electrons. The first-order chi connectivity index (χ1) is 17.3. The van der Waals surface area contributed by atoms with E-state index in [1.54, 1.807) is 30.3 Å². The summed E-state index contributed by atoms with van der Waals surface area (Å²) in [5, 5.41) is 12.4. The van der Waals surface area contributed by atoms with Gasteiger partial charge in [-0.05, 0) is 97.8 Å². The van der Waals surface area contributed by atoms with Crippen LogP contribution in [0.15, 0.2) is 88.9 Å². The number of nitrogens with one attached hydrogen (secondary N) is 1. The molecule has 0 saturated heterocycles. The molecule has 0 fully saturated rings. The fraction of sp³-hybridized carbons (Fsp3) is 0.103. The van der Waals surface area contributed by atoms with Gasteiger partial charge >= 0.3 is 0 Å². The number of anilines is 1. The minimum atomic E-state index is -0.465. The smallest absolute Gasteiger partial charge is 0.266 e. The van der Waals surface area contributed by atoms with Gasteiger partial charge in [0.1, 0.15) is 29.8 Å². The highest BCUT2D eigenvalue weighted by Gasteiger charge is 2.14. The van der Waals surface area contributed by atoms with Gasteiger partial charge in [-0.3, -0.25) is 4.79 Å². The molecule has 0 aliphatic heterocycles. The van der Waals surface area contributed by atoms with E-state index in [-0.39, 0.29) is 11.4 Å². The highest BCUT2D eigenvalue weighted by atomic mass is 79.9. The number of amides is 1. The number of nitriles is 1. The van der Waals surface area contributed by atoms with Gasteiger partial charge in [0.15, 0.2) is 0 Å². The van der Waals surface area contributed by atoms with Crippen LogP contribution in [0.3, 0.4) is 0 Å². The number of hydrogen-bond donors (Lipinski definition) is 1. The van der Waals surface area contributed by atoms with Crippen LogP contribution >= 0.6 is 15.9 Å². The number of nitrogens with zero attached hydrogens (tertiary/aromatic N) is 2. The van der Waals surface area contributed by atoms with Crippen molar-refractivity contribution in [1.29, 1.82) is 5.26 Å². The summed E-state index contributed by atoms with van der Waals surface area (Å²) in [6, 6.07) is 25.0. The van der Waals surface area contributed by atoms with Gasteiger partial charge in [-0.15, -0.1) is 0 Å². The Morgan fingerprint density at radius 3 is 2.36 bits per heavy atom. The first-order valence-corrected chi connectivity index (χ1v) is 12.0. The summed E-state index contributed by atoms with van der Waals surface area (Å²) >= 11 is 3.36. The van der Waals surface area contributed by atoms with Crippen LogP contribution < -0.4 is 10.1 Å². The topological polar surface area (TPSA) is 67.0 Å². The van der Waals surface area contributed by atoms with Gasteiger partial charge < -0.3 is 14.6 Å². The van der Waals surface area contributed by atoms with Crippen LogP contribution in [0.5, 0.6) is 5.75 Å². The Hall–Kier alpha value is -4.15. The summed E-state index contributed by atoms with van der Waals surface area (Å²) in [6.45, 7) is 4.26. The molecule has 1 amide bonds. The predicted octanol–water partition coefficient (Wildman–Crippen LogP) is 7.12. The van der Waals surface area contributed by atoms with Crippen molar-refractivity contribution in [3.05, 3.63) is 117 Å². The number of aryl methyl sites for hydroxylation is 1. The zero-order chi connectivity index (χ0) is 25.7. The third kappa shape index (κ3) is 5.91. The van der Waals surface area contributed by atoms with E-state index in [1.165, 1.54) is 12.1 Å². The molecule has 0 aliphatic rings. The Labute approximate surface area is 217 Å². The zero-order valence-corrected chi connectivity index (χ0v) is 21.3. The van der Waals surface area contributed by atoms with Gasteiger partial charge in [-0.25, -0.2) is 4.39 Å². The van der Waals surface area contributed by atoms with E-state index in [1.807, 2.05) is 62.4 Å². The molecule has 7 heteroatoms. The van der Waals surface area contributed by atoms with E-state index >= 15 is 0 Å². The van der Waals surface area contributed by atoms with E-state index in [0.717, 1.165) is 32.7 Å². The third-order valence-electron chi connectivity index (χ3n) is 5.65. The normalized spacial score (nSPS) is 11.1. The fourth-order valence-corrected chi connectivity index (χ4v) is 4.07. The van der Waals surface area contributed by atoms with Crippen molar-refractivity contribution in [1.82, 2.24) is 4.57 Å². The molecular weight excluding hydrogens is 521 g/mol. The lowest BCUT2D eigenvalue weighted by Gasteiger charge is -2.12. The maximum atomic E-state index is 13.1. The molecule has 0 saturated carbocycles. The molecule has 0 atom stereocenters. The van der Waals surface area contributed by atoms with Crippen molar-refractivity contribution in [3.63, 3.8) is 0 Å². The molecule has 5 nitrogen and oxygen atoms in total. The van der Waals surface area contributed by atoms with Crippen LogP contribution in [-0.4, -0.2) is 10.5 Å². The largest absolute Gasteiger partial charge is 0.489 e. The molecule has 0 unspecified atom stereocenters. The summed E-state index contributed by atoms with van der Waals surface area (Å²) in [5.41, 5.74) is 5.08. The van der Waals surface area contributed by atoms with E-state index in [2.05, 4.69) is 25.8 Å². The van der Waals surface area contributed by atoms with Crippen molar-refractivity contribution >= 4 is 33.6 Å². The second kappa shape index (κ2) is 11.1. The van der Waals surface area contributed by atoms with Gasteiger partial charge in [0, 0.05) is 27.2 Å². The van der Waals surface area contributed by atoms with Gasteiger partial charge in [0.2, 0.25) is 0 Å². The summed E-state index contributed by atoms with van der Waals surface area (Å²) in [4.78, 5) is 12.7. The Kier molecular flexibility index (Phi) is 7.67. The number of carbonyl (C=O) groups is 1. The molecule has 0 aliphatic carbocycles. The number of carbonyl (C=O) groups excluding carboxylic acids is 1. The van der Waals surface area contributed by atoms with Crippen LogP contribution in [-0.2, 0) is 11.4 Å². The monoisotopic (exact) mass is 543 g/mol. The first-order valence-electron chi connectivity index (χ1n) is 11.2. The Morgan fingerprint density at radius 2 is 1.72 bits per heavy atom. The number of hydrogen-bond acceptors (Lipinski definition) is 3. The molecule has 1 N–H and O–H groups in total. The highest BCUT2D eigenvalue weighted by molar-refractivity contribution is 9.10. The molecule has 1 heterocycles. The zero-order valence-electron chi connectivity index (χ0n) is 19.8. The van der Waals surface area contributed by atoms with Gasteiger partial charge in [0.25, 0.3) is 5.91 Å². The SMILES string of the molecule is Cc1cc(/C=C(/C#N)C(=O)Nc2ccc(Br)cc2)c(C)n1-c1ccc(OCc2ccc(F)cc2)cc1. The predicted molar refractivity (Wildman–Crippen MR) is 142 cm³/mol. The minimum absolute atomic E-state index is 0.0164. The van der Waals surface area contributed by atoms with Crippen LogP contribution in [0.1, 0.15) is 22.5 Å². The van der Waals surface area contributed by atoms with Gasteiger partial charge in [0.05, 0.1) is 0 Å². The van der Waals surface area contributed by atoms with Gasteiger partial charge in [-0.1, -0.05) is 28.1 Å². The Balaban J connectivity index is 1.50. The number of rotatable bonds is 7. The molecule has 0 bridgehead atoms. The van der Waals surface area contributed by atoms with Crippen molar-refractivity contribution in [3.8, 4) is 17.5 Å². The van der Waals surface area contributed by atoms with E-state index in [4.69, 9.17) is 4.74 Å². The molecule has 4 rings (SSSR count). The Bertz CT molecular complexity index is 1450. The van der Waals surface area contributed by atoms with E-state index in [9.17, 15) is 14.4 Å². The van der Waals surface area contributed by atoms with E-state index in [0.29, 0.717) is 18.0 Å². The lowest BCUT2D eigenvalue weighted by atomic mass is 10.1. The molecule has 36 heavy (non-hydrogen) atoms. The lowest BCUT2D eigenvalue weighted by Crippen LogP contribution is -2.13. The second-order valence-corrected chi connectivity index (χ2v) is 9.12. The lowest BCUT2D eigenvalue weighted by molar-refractivity contribution is -0.112. The highest BCUT2D eigenvalue weighted by Crippen LogP contribution is 2.25.